The van der Waals surface area contributed by atoms with E-state index in [1.165, 1.54) is 6.20 Å². The van der Waals surface area contributed by atoms with Crippen molar-refractivity contribution in [2.24, 2.45) is 0 Å². The quantitative estimate of drug-likeness (QED) is 0.718. The summed E-state index contributed by atoms with van der Waals surface area (Å²) in [6.07, 6.45) is 1.92. The molecule has 8 heteroatoms. The molecular weight excluding hydrogens is 386 g/mol. The molecule has 2 aromatic carbocycles. The van der Waals surface area contributed by atoms with Gasteiger partial charge in [0.25, 0.3) is 11.5 Å². The highest BCUT2D eigenvalue weighted by atomic mass is 16.7. The molecule has 1 aromatic heterocycles. The van der Waals surface area contributed by atoms with Gasteiger partial charge in [-0.2, -0.15) is 0 Å². The second-order valence-electron chi connectivity index (χ2n) is 7.44. The number of nitrogens with zero attached hydrogens (tertiary/aromatic N) is 2. The Morgan fingerprint density at radius 1 is 1.13 bits per heavy atom. The van der Waals surface area contributed by atoms with Gasteiger partial charge in [0, 0.05) is 17.9 Å². The Balaban J connectivity index is 1.51. The number of nitrogens with one attached hydrogen (secondary N) is 1. The van der Waals surface area contributed by atoms with E-state index in [1.807, 2.05) is 31.2 Å². The zero-order chi connectivity index (χ0) is 20.8. The van der Waals surface area contributed by atoms with Crippen molar-refractivity contribution in [3.63, 3.8) is 0 Å². The van der Waals surface area contributed by atoms with Gasteiger partial charge in [0.2, 0.25) is 6.79 Å². The molecule has 0 unspecified atom stereocenters. The fourth-order valence-electron chi connectivity index (χ4n) is 4.03. The van der Waals surface area contributed by atoms with Crippen molar-refractivity contribution in [2.45, 2.75) is 25.9 Å². The van der Waals surface area contributed by atoms with E-state index in [-0.39, 0.29) is 24.9 Å². The molecule has 1 atom stereocenters. The maximum Gasteiger partial charge on any atom is 0.328 e. The Bertz CT molecular complexity index is 1280. The summed E-state index contributed by atoms with van der Waals surface area (Å²) in [6, 6.07) is 12.8. The topological polar surface area (TPSA) is 93.6 Å². The molecule has 0 bridgehead atoms. The van der Waals surface area contributed by atoms with Crippen LogP contribution in [0.4, 0.5) is 5.69 Å². The highest BCUT2D eigenvalue weighted by Crippen LogP contribution is 2.33. The van der Waals surface area contributed by atoms with Gasteiger partial charge in [-0.15, -0.1) is 0 Å². The molecular formula is C22H19N3O5. The lowest BCUT2D eigenvalue weighted by atomic mass is 10.1. The van der Waals surface area contributed by atoms with Gasteiger partial charge < -0.3 is 19.4 Å². The number of carbonyl (C=O) groups excluding carboxylic acids is 1. The first-order valence-corrected chi connectivity index (χ1v) is 9.65. The average molecular weight is 405 g/mol. The molecule has 0 spiro atoms. The van der Waals surface area contributed by atoms with Gasteiger partial charge in [0.15, 0.2) is 11.5 Å². The Labute approximate surface area is 171 Å². The summed E-state index contributed by atoms with van der Waals surface area (Å²) < 4.78 is 11.7. The summed E-state index contributed by atoms with van der Waals surface area (Å²) >= 11 is 0. The maximum atomic E-state index is 13.3. The van der Waals surface area contributed by atoms with E-state index < -0.39 is 17.2 Å². The molecule has 1 N–H and O–H groups in total. The first-order valence-electron chi connectivity index (χ1n) is 9.65. The number of para-hydroxylation sites is 1. The van der Waals surface area contributed by atoms with Crippen molar-refractivity contribution in [1.29, 1.82) is 0 Å². The van der Waals surface area contributed by atoms with Crippen LogP contribution in [0.15, 0.2) is 58.3 Å². The third kappa shape index (κ3) is 2.88. The predicted octanol–water partition coefficient (Wildman–Crippen LogP) is 1.91. The minimum atomic E-state index is -0.627. The fraction of sp³-hybridized carbons (Fsp3) is 0.227. The van der Waals surface area contributed by atoms with Crippen LogP contribution in [-0.2, 0) is 13.0 Å². The Kier molecular flexibility index (Phi) is 4.20. The number of benzene rings is 2. The van der Waals surface area contributed by atoms with Crippen LogP contribution >= 0.6 is 0 Å². The molecule has 3 aromatic rings. The lowest BCUT2D eigenvalue weighted by Crippen LogP contribution is -2.43. The van der Waals surface area contributed by atoms with Crippen molar-refractivity contribution in [1.82, 2.24) is 9.55 Å². The second-order valence-corrected chi connectivity index (χ2v) is 7.44. The number of aromatic nitrogens is 2. The first kappa shape index (κ1) is 18.2. The van der Waals surface area contributed by atoms with E-state index in [1.54, 1.807) is 23.1 Å². The largest absolute Gasteiger partial charge is 0.454 e. The van der Waals surface area contributed by atoms with Crippen LogP contribution in [0.5, 0.6) is 11.5 Å². The van der Waals surface area contributed by atoms with E-state index in [0.29, 0.717) is 17.1 Å². The van der Waals surface area contributed by atoms with Gasteiger partial charge >= 0.3 is 5.69 Å². The lowest BCUT2D eigenvalue weighted by molar-refractivity contribution is 0.0979. The molecule has 0 saturated heterocycles. The van der Waals surface area contributed by atoms with Crippen LogP contribution in [0.2, 0.25) is 0 Å². The fourth-order valence-corrected chi connectivity index (χ4v) is 4.03. The Morgan fingerprint density at radius 2 is 1.93 bits per heavy atom. The number of hydrogen-bond donors (Lipinski definition) is 1. The molecule has 5 rings (SSSR count). The van der Waals surface area contributed by atoms with Crippen LogP contribution in [0.25, 0.3) is 0 Å². The lowest BCUT2D eigenvalue weighted by Gasteiger charge is -2.22. The van der Waals surface area contributed by atoms with E-state index in [2.05, 4.69) is 4.98 Å². The van der Waals surface area contributed by atoms with Gasteiger partial charge in [-0.25, -0.2) is 4.79 Å². The summed E-state index contributed by atoms with van der Waals surface area (Å²) in [5.74, 6) is 0.755. The Hall–Kier alpha value is -3.81. The van der Waals surface area contributed by atoms with Gasteiger partial charge in [-0.3, -0.25) is 14.2 Å². The number of H-pyrrole nitrogens is 1. The third-order valence-corrected chi connectivity index (χ3v) is 5.49. The molecule has 3 heterocycles. The molecule has 2 aliphatic heterocycles. The zero-order valence-corrected chi connectivity index (χ0v) is 16.3. The van der Waals surface area contributed by atoms with Gasteiger partial charge in [0.1, 0.15) is 5.56 Å². The minimum absolute atomic E-state index is 0.0120. The number of hydrogen-bond acceptors (Lipinski definition) is 5. The summed E-state index contributed by atoms with van der Waals surface area (Å²) in [6.45, 7) is 2.09. The monoisotopic (exact) mass is 405 g/mol. The maximum absolute atomic E-state index is 13.3. The van der Waals surface area contributed by atoms with Crippen molar-refractivity contribution in [2.75, 3.05) is 11.7 Å². The molecule has 8 nitrogen and oxygen atoms in total. The molecule has 0 aliphatic carbocycles. The number of fused-ring (bicyclic) bond motifs is 2. The number of aromatic amines is 1. The molecule has 152 valence electrons. The van der Waals surface area contributed by atoms with Crippen molar-refractivity contribution < 1.29 is 14.3 Å². The van der Waals surface area contributed by atoms with Crippen molar-refractivity contribution >= 4 is 11.6 Å². The number of ether oxygens (including phenoxy) is 2. The molecule has 0 radical (unpaired) electrons. The molecule has 1 amide bonds. The van der Waals surface area contributed by atoms with Gasteiger partial charge in [-0.1, -0.05) is 24.3 Å². The van der Waals surface area contributed by atoms with E-state index >= 15 is 0 Å². The zero-order valence-electron chi connectivity index (χ0n) is 16.3. The average Bonchev–Trinajstić information content (AvgIpc) is 3.33. The van der Waals surface area contributed by atoms with Crippen molar-refractivity contribution in [3.05, 3.63) is 86.2 Å². The third-order valence-electron chi connectivity index (χ3n) is 5.49. The summed E-state index contributed by atoms with van der Waals surface area (Å²) in [7, 11) is 0. The van der Waals surface area contributed by atoms with Crippen molar-refractivity contribution in [3.8, 4) is 11.5 Å². The molecule has 0 fully saturated rings. The van der Waals surface area contributed by atoms with Crippen LogP contribution in [0.1, 0.15) is 28.4 Å². The van der Waals surface area contributed by atoms with Crippen LogP contribution in [0.3, 0.4) is 0 Å². The van der Waals surface area contributed by atoms with Gasteiger partial charge in [0.05, 0.1) is 6.54 Å². The molecule has 30 heavy (non-hydrogen) atoms. The first-order chi connectivity index (χ1) is 14.5. The standard InChI is InChI=1S/C22H19N3O5/c1-13-8-15-4-2-3-5-17(15)25(13)21(27)16-10-23-22(28)24(20(16)26)11-14-6-7-18-19(9-14)30-12-29-18/h2-7,9-10,13H,8,11-12H2,1H3,(H,23,28)/t13-/m1/s1. The predicted molar refractivity (Wildman–Crippen MR) is 109 cm³/mol. The second kappa shape index (κ2) is 6.91. The highest BCUT2D eigenvalue weighted by molar-refractivity contribution is 6.07. The minimum Gasteiger partial charge on any atom is -0.454 e. The highest BCUT2D eigenvalue weighted by Gasteiger charge is 2.33. The van der Waals surface area contributed by atoms with E-state index in [0.717, 1.165) is 22.2 Å². The number of carbonyl (C=O) groups is 1. The molecule has 0 saturated carbocycles. The van der Waals surface area contributed by atoms with E-state index in [4.69, 9.17) is 9.47 Å². The number of rotatable bonds is 3. The smallest absolute Gasteiger partial charge is 0.328 e. The summed E-state index contributed by atoms with van der Waals surface area (Å²) in [5, 5.41) is 0. The van der Waals surface area contributed by atoms with Gasteiger partial charge in [-0.05, 0) is 42.7 Å². The van der Waals surface area contributed by atoms with Crippen LogP contribution < -0.4 is 25.6 Å². The Morgan fingerprint density at radius 3 is 2.80 bits per heavy atom. The molecule has 2 aliphatic rings. The normalized spacial score (nSPS) is 16.6. The van der Waals surface area contributed by atoms with Crippen LogP contribution in [0, 0.1) is 0 Å². The number of amides is 1. The SMILES string of the molecule is C[C@@H]1Cc2ccccc2N1C(=O)c1c[nH]c(=O)n(Cc2ccc3c(c2)OCO3)c1=O. The van der Waals surface area contributed by atoms with Crippen LogP contribution in [-0.4, -0.2) is 28.3 Å². The summed E-state index contributed by atoms with van der Waals surface area (Å²) in [5.41, 5.74) is 1.27. The van der Waals surface area contributed by atoms with E-state index in [9.17, 15) is 14.4 Å². The number of anilines is 1. The summed E-state index contributed by atoms with van der Waals surface area (Å²) in [4.78, 5) is 42.9.